The summed E-state index contributed by atoms with van der Waals surface area (Å²) in [6, 6.07) is 1.80. The maximum absolute atomic E-state index is 12.4. The largest absolute Gasteiger partial charge is 0.319 e. The van der Waals surface area contributed by atoms with Crippen LogP contribution >= 0.6 is 11.3 Å². The van der Waals surface area contributed by atoms with Crippen molar-refractivity contribution in [3.05, 3.63) is 21.9 Å². The van der Waals surface area contributed by atoms with Crippen LogP contribution in [0.5, 0.6) is 0 Å². The van der Waals surface area contributed by atoms with Gasteiger partial charge in [-0.15, -0.1) is 11.3 Å². The number of piperidine rings is 1. The topological polar surface area (TPSA) is 57.7 Å². The minimum atomic E-state index is -0.904. The lowest BCUT2D eigenvalue weighted by atomic mass is 9.88. The molecule has 2 aliphatic rings. The number of hydrogen-bond acceptors (Lipinski definition) is 4. The number of carbonyl (C=O) groups is 3. The highest BCUT2D eigenvalue weighted by Gasteiger charge is 2.50. The van der Waals surface area contributed by atoms with E-state index in [1.165, 1.54) is 18.4 Å². The van der Waals surface area contributed by atoms with Gasteiger partial charge in [0.05, 0.1) is 12.1 Å². The van der Waals surface area contributed by atoms with Crippen molar-refractivity contribution in [2.75, 3.05) is 7.05 Å². The van der Waals surface area contributed by atoms with Gasteiger partial charge in [-0.1, -0.05) is 0 Å². The average Bonchev–Trinajstić information content (AvgIpc) is 2.96. The maximum atomic E-state index is 12.4. The second-order valence-electron chi connectivity index (χ2n) is 5.18. The molecule has 19 heavy (non-hydrogen) atoms. The third-order valence-corrected chi connectivity index (χ3v) is 4.99. The first kappa shape index (κ1) is 12.3. The van der Waals surface area contributed by atoms with E-state index in [4.69, 9.17) is 0 Å². The molecule has 0 N–H and O–H groups in total. The van der Waals surface area contributed by atoms with Crippen LogP contribution in [-0.4, -0.2) is 40.1 Å². The smallest absolute Gasteiger partial charge is 0.256 e. The Morgan fingerprint density at radius 3 is 2.74 bits per heavy atom. The van der Waals surface area contributed by atoms with Crippen LogP contribution in [0.2, 0.25) is 0 Å². The summed E-state index contributed by atoms with van der Waals surface area (Å²) in [5.74, 6) is -0.564. The Morgan fingerprint density at radius 1 is 1.32 bits per heavy atom. The lowest BCUT2D eigenvalue weighted by Crippen LogP contribution is -2.61. The van der Waals surface area contributed by atoms with E-state index in [9.17, 15) is 14.4 Å². The van der Waals surface area contributed by atoms with Crippen LogP contribution in [0.25, 0.3) is 0 Å². The van der Waals surface area contributed by atoms with Crippen molar-refractivity contribution < 1.29 is 14.4 Å². The first-order valence-electron chi connectivity index (χ1n) is 6.14. The Bertz CT molecular complexity index is 594. The molecule has 2 aliphatic heterocycles. The van der Waals surface area contributed by atoms with Crippen molar-refractivity contribution in [2.24, 2.45) is 0 Å². The van der Waals surface area contributed by atoms with Gasteiger partial charge in [0.1, 0.15) is 5.54 Å². The van der Waals surface area contributed by atoms with E-state index in [1.54, 1.807) is 17.9 Å². The van der Waals surface area contributed by atoms with Crippen molar-refractivity contribution in [3.8, 4) is 0 Å². The van der Waals surface area contributed by atoms with Crippen molar-refractivity contribution in [3.63, 3.8) is 0 Å². The minimum absolute atomic E-state index is 0.102. The molecule has 1 saturated heterocycles. The molecule has 0 aliphatic carbocycles. The maximum Gasteiger partial charge on any atom is 0.256 e. The molecule has 1 aromatic heterocycles. The van der Waals surface area contributed by atoms with E-state index in [0.29, 0.717) is 24.9 Å². The highest BCUT2D eigenvalue weighted by Crippen LogP contribution is 2.37. The van der Waals surface area contributed by atoms with Crippen molar-refractivity contribution in [1.29, 1.82) is 0 Å². The Labute approximate surface area is 114 Å². The zero-order valence-electron chi connectivity index (χ0n) is 10.8. The summed E-state index contributed by atoms with van der Waals surface area (Å²) in [5.41, 5.74) is -0.211. The zero-order chi connectivity index (χ0) is 13.8. The van der Waals surface area contributed by atoms with E-state index in [0.717, 1.165) is 9.78 Å². The fourth-order valence-electron chi connectivity index (χ4n) is 2.76. The minimum Gasteiger partial charge on any atom is -0.319 e. The Morgan fingerprint density at radius 2 is 2.05 bits per heavy atom. The molecule has 3 heterocycles. The Balaban J connectivity index is 1.95. The third kappa shape index (κ3) is 1.56. The number of fused-ring (bicyclic) bond motifs is 1. The van der Waals surface area contributed by atoms with E-state index in [2.05, 4.69) is 0 Å². The highest BCUT2D eigenvalue weighted by molar-refractivity contribution is 7.10. The number of amides is 3. The number of carbonyl (C=O) groups excluding carboxylic acids is 3. The normalized spacial score (nSPS) is 27.2. The first-order valence-corrected chi connectivity index (χ1v) is 7.02. The van der Waals surface area contributed by atoms with Crippen molar-refractivity contribution >= 4 is 29.1 Å². The predicted octanol–water partition coefficient (Wildman–Crippen LogP) is 1.24. The molecule has 0 saturated carbocycles. The van der Waals surface area contributed by atoms with Gasteiger partial charge >= 0.3 is 0 Å². The third-order valence-electron chi connectivity index (χ3n) is 4.08. The van der Waals surface area contributed by atoms with Crippen LogP contribution in [0.1, 0.15) is 35.0 Å². The molecule has 3 rings (SSSR count). The molecule has 0 radical (unpaired) electrons. The molecule has 5 nitrogen and oxygen atoms in total. The summed E-state index contributed by atoms with van der Waals surface area (Å²) in [7, 11) is 1.48. The van der Waals surface area contributed by atoms with Crippen LogP contribution in [0, 0.1) is 0 Å². The van der Waals surface area contributed by atoms with Gasteiger partial charge < -0.3 is 4.90 Å². The SMILES string of the molecule is CN1C(=O)CCC(C)(N2Cc3sccc3C2=O)C1=O. The number of likely N-dealkylation sites (tertiary alicyclic amines) is 1. The predicted molar refractivity (Wildman–Crippen MR) is 69.6 cm³/mol. The molecule has 1 unspecified atom stereocenters. The molecule has 6 heteroatoms. The fourth-order valence-corrected chi connectivity index (χ4v) is 3.62. The lowest BCUT2D eigenvalue weighted by molar-refractivity contribution is -0.155. The van der Waals surface area contributed by atoms with Gasteiger partial charge in [0.2, 0.25) is 5.91 Å². The van der Waals surface area contributed by atoms with Gasteiger partial charge in [-0.25, -0.2) is 0 Å². The summed E-state index contributed by atoms with van der Waals surface area (Å²) >= 11 is 1.53. The average molecular weight is 278 g/mol. The molecule has 0 aromatic carbocycles. The standard InChI is InChI=1S/C13H14N2O3S/c1-13(5-3-10(16)14(2)12(13)18)15-7-9-8(11(15)17)4-6-19-9/h4,6H,3,5,7H2,1-2H3. The number of rotatable bonds is 1. The van der Waals surface area contributed by atoms with Crippen LogP contribution in [0.15, 0.2) is 11.4 Å². The summed E-state index contributed by atoms with van der Waals surface area (Å²) in [6.45, 7) is 2.23. The summed E-state index contributed by atoms with van der Waals surface area (Å²) in [4.78, 5) is 40.1. The first-order chi connectivity index (χ1) is 8.95. The van der Waals surface area contributed by atoms with E-state index >= 15 is 0 Å². The lowest BCUT2D eigenvalue weighted by Gasteiger charge is -2.42. The van der Waals surface area contributed by atoms with Crippen LogP contribution in [0.3, 0.4) is 0 Å². The fraction of sp³-hybridized carbons (Fsp3) is 0.462. The zero-order valence-corrected chi connectivity index (χ0v) is 11.6. The molecular weight excluding hydrogens is 264 g/mol. The van der Waals surface area contributed by atoms with E-state index in [1.807, 2.05) is 5.38 Å². The molecule has 0 spiro atoms. The molecule has 1 atom stereocenters. The van der Waals surface area contributed by atoms with Crippen LogP contribution in [-0.2, 0) is 16.1 Å². The Hall–Kier alpha value is -1.69. The number of likely N-dealkylation sites (N-methyl/N-ethyl adjacent to an activating group) is 1. The summed E-state index contributed by atoms with van der Waals surface area (Å²) < 4.78 is 0. The van der Waals surface area contributed by atoms with Crippen LogP contribution < -0.4 is 0 Å². The molecule has 3 amide bonds. The van der Waals surface area contributed by atoms with Gasteiger partial charge in [0.15, 0.2) is 0 Å². The molecule has 0 bridgehead atoms. The van der Waals surface area contributed by atoms with Gasteiger partial charge in [-0.05, 0) is 24.8 Å². The monoisotopic (exact) mass is 278 g/mol. The molecule has 1 fully saturated rings. The Kier molecular flexibility index (Phi) is 2.53. The van der Waals surface area contributed by atoms with Gasteiger partial charge in [-0.2, -0.15) is 0 Å². The summed E-state index contributed by atoms with van der Waals surface area (Å²) in [6.07, 6.45) is 0.700. The second-order valence-corrected chi connectivity index (χ2v) is 6.18. The number of hydrogen-bond donors (Lipinski definition) is 0. The van der Waals surface area contributed by atoms with Gasteiger partial charge in [0, 0.05) is 18.3 Å². The van der Waals surface area contributed by atoms with E-state index < -0.39 is 5.54 Å². The number of nitrogens with zero attached hydrogens (tertiary/aromatic N) is 2. The van der Waals surface area contributed by atoms with Crippen molar-refractivity contribution in [1.82, 2.24) is 9.80 Å². The van der Waals surface area contributed by atoms with E-state index in [-0.39, 0.29) is 17.7 Å². The molecule has 100 valence electrons. The summed E-state index contributed by atoms with van der Waals surface area (Å²) in [5, 5.41) is 1.89. The second kappa shape index (κ2) is 3.90. The number of thiophene rings is 1. The van der Waals surface area contributed by atoms with Gasteiger partial charge in [-0.3, -0.25) is 19.3 Å². The van der Waals surface area contributed by atoms with Gasteiger partial charge in [0.25, 0.3) is 11.8 Å². The van der Waals surface area contributed by atoms with Crippen molar-refractivity contribution in [2.45, 2.75) is 31.8 Å². The number of imide groups is 1. The quantitative estimate of drug-likeness (QED) is 0.726. The highest BCUT2D eigenvalue weighted by atomic mass is 32.1. The molecular formula is C13H14N2O3S. The molecule has 1 aromatic rings. The van der Waals surface area contributed by atoms with Crippen LogP contribution in [0.4, 0.5) is 0 Å².